The van der Waals surface area contributed by atoms with Gasteiger partial charge in [0.25, 0.3) is 0 Å². The molecule has 0 aromatic heterocycles. The van der Waals surface area contributed by atoms with E-state index in [0.29, 0.717) is 52.8 Å². The average Bonchev–Trinajstić information content (AvgIpc) is 3.03. The third kappa shape index (κ3) is 6.41. The van der Waals surface area contributed by atoms with E-state index in [4.69, 9.17) is 28.7 Å². The molecule has 230 valence electrons. The summed E-state index contributed by atoms with van der Waals surface area (Å²) in [6, 6.07) is 19.9. The Morgan fingerprint density at radius 2 is 1.59 bits per heavy atom. The Morgan fingerprint density at radius 3 is 2.32 bits per heavy atom. The second-order valence-corrected chi connectivity index (χ2v) is 10.7. The number of hydrogen-bond donors (Lipinski definition) is 1. The molecule has 1 aliphatic heterocycles. The molecule has 0 spiro atoms. The number of phenolic OH excluding ortho intramolecular Hbond substituents is 1. The van der Waals surface area contributed by atoms with E-state index in [2.05, 4.69) is 0 Å². The number of Topliss-reactive ketones (excluding diaryl/α,β-unsaturated/α-hetero) is 1. The summed E-state index contributed by atoms with van der Waals surface area (Å²) < 4.78 is 27.9. The Bertz CT molecular complexity index is 1580. The number of aliphatic imine (C=N–C) groups is 1. The van der Waals surface area contributed by atoms with Gasteiger partial charge in [0.15, 0.2) is 23.0 Å². The number of para-hydroxylation sites is 1. The van der Waals surface area contributed by atoms with E-state index in [-0.39, 0.29) is 42.8 Å². The maximum Gasteiger partial charge on any atom is 0.336 e. The Kier molecular flexibility index (Phi) is 9.53. The van der Waals surface area contributed by atoms with Crippen molar-refractivity contribution in [2.45, 2.75) is 38.5 Å². The van der Waals surface area contributed by atoms with Gasteiger partial charge in [-0.05, 0) is 73.7 Å². The second-order valence-electron chi connectivity index (χ2n) is 10.7. The Labute approximate surface area is 257 Å². The van der Waals surface area contributed by atoms with Crippen molar-refractivity contribution in [3.05, 3.63) is 89.1 Å². The number of allylic oxidation sites excluding steroid dienone is 1. The van der Waals surface area contributed by atoms with E-state index < -0.39 is 17.8 Å². The summed E-state index contributed by atoms with van der Waals surface area (Å²) in [5.41, 5.74) is 3.11. The average molecular weight is 600 g/mol. The normalized spacial score (nSPS) is 19.5. The first-order chi connectivity index (χ1) is 21.3. The minimum Gasteiger partial charge on any atom is -0.504 e. The summed E-state index contributed by atoms with van der Waals surface area (Å²) in [6.45, 7) is 4.12. The molecule has 5 rings (SSSR count). The summed E-state index contributed by atoms with van der Waals surface area (Å²) in [5.74, 6) is 0.0905. The third-order valence-electron chi connectivity index (χ3n) is 8.02. The number of ether oxygens (including phenoxy) is 5. The molecule has 9 heteroatoms. The molecule has 1 unspecified atom stereocenters. The molecule has 1 fully saturated rings. The van der Waals surface area contributed by atoms with Gasteiger partial charge >= 0.3 is 5.97 Å². The van der Waals surface area contributed by atoms with Crippen molar-refractivity contribution in [2.75, 3.05) is 34.0 Å². The smallest absolute Gasteiger partial charge is 0.336 e. The summed E-state index contributed by atoms with van der Waals surface area (Å²) in [6.07, 6.45) is 0.793. The van der Waals surface area contributed by atoms with Crippen LogP contribution in [0, 0.1) is 5.92 Å². The molecule has 3 aromatic rings. The zero-order valence-electron chi connectivity index (χ0n) is 25.4. The lowest BCUT2D eigenvalue weighted by Gasteiger charge is -2.38. The number of fused-ring (bicyclic) bond motifs is 1. The fourth-order valence-corrected chi connectivity index (χ4v) is 6.03. The van der Waals surface area contributed by atoms with Gasteiger partial charge in [0.1, 0.15) is 24.7 Å². The number of rotatable bonds is 11. The lowest BCUT2D eigenvalue weighted by Crippen LogP contribution is -2.41. The molecule has 1 N–H and O–H groups in total. The van der Waals surface area contributed by atoms with Gasteiger partial charge in [-0.25, -0.2) is 4.79 Å². The fourth-order valence-electron chi connectivity index (χ4n) is 6.03. The van der Waals surface area contributed by atoms with Crippen molar-refractivity contribution < 1.29 is 38.4 Å². The van der Waals surface area contributed by atoms with Crippen molar-refractivity contribution >= 4 is 17.5 Å². The SMILES string of the molecule is CCOc1cc([C@@H]2C(C(=O)OCCOc3ccccc3)=C(C)N=C3C[C@H](c4ccc(OC)c(OC)c4)CC(=O)C32)ccc1O. The van der Waals surface area contributed by atoms with Gasteiger partial charge in [-0.15, -0.1) is 0 Å². The maximum atomic E-state index is 14.0. The van der Waals surface area contributed by atoms with E-state index in [0.717, 1.165) is 5.56 Å². The number of benzene rings is 3. The summed E-state index contributed by atoms with van der Waals surface area (Å²) in [7, 11) is 3.16. The molecule has 2 aliphatic rings. The zero-order chi connectivity index (χ0) is 31.2. The molecule has 9 nitrogen and oxygen atoms in total. The second kappa shape index (κ2) is 13.7. The van der Waals surface area contributed by atoms with Crippen molar-refractivity contribution in [3.8, 4) is 28.7 Å². The first kappa shape index (κ1) is 30.7. The van der Waals surface area contributed by atoms with Crippen molar-refractivity contribution in [1.29, 1.82) is 0 Å². The van der Waals surface area contributed by atoms with Gasteiger partial charge in [-0.1, -0.05) is 30.3 Å². The first-order valence-electron chi connectivity index (χ1n) is 14.7. The molecule has 1 heterocycles. The number of phenols is 1. The highest BCUT2D eigenvalue weighted by Gasteiger charge is 2.46. The minimum atomic E-state index is -0.669. The molecule has 0 radical (unpaired) electrons. The number of esters is 1. The highest BCUT2D eigenvalue weighted by molar-refractivity contribution is 6.12. The standard InChI is InChI=1S/C35H37NO8/c1-5-42-30-20-23(11-13-27(30)37)33-32(35(39)44-16-15-43-25-9-7-6-8-10-25)21(2)36-26-17-24(18-28(38)34(26)33)22-12-14-29(40-3)31(19-22)41-4/h6-14,19-20,24,33-34,37H,5,15-18H2,1-4H3/t24-,33+,34?/m0/s1. The van der Waals surface area contributed by atoms with Crippen LogP contribution in [-0.2, 0) is 14.3 Å². The third-order valence-corrected chi connectivity index (χ3v) is 8.02. The van der Waals surface area contributed by atoms with Crippen LogP contribution < -0.4 is 18.9 Å². The first-order valence-corrected chi connectivity index (χ1v) is 14.7. The Morgan fingerprint density at radius 1 is 0.864 bits per heavy atom. The van der Waals surface area contributed by atoms with Gasteiger partial charge in [0.05, 0.1) is 32.3 Å². The number of nitrogens with zero attached hydrogens (tertiary/aromatic N) is 1. The Hall–Kier alpha value is -4.79. The number of hydrogen-bond acceptors (Lipinski definition) is 9. The number of carbonyl (C=O) groups excluding carboxylic acids is 2. The van der Waals surface area contributed by atoms with Crippen molar-refractivity contribution in [1.82, 2.24) is 0 Å². The molecule has 3 atom stereocenters. The lowest BCUT2D eigenvalue weighted by molar-refractivity contribution is -0.140. The van der Waals surface area contributed by atoms with Gasteiger partial charge in [-0.3, -0.25) is 9.79 Å². The molecule has 0 bridgehead atoms. The topological polar surface area (TPSA) is 113 Å². The number of carbonyl (C=O) groups is 2. The molecule has 1 aliphatic carbocycles. The zero-order valence-corrected chi connectivity index (χ0v) is 25.4. The van der Waals surface area contributed by atoms with Gasteiger partial charge in [0, 0.05) is 23.7 Å². The highest BCUT2D eigenvalue weighted by Crippen LogP contribution is 2.47. The highest BCUT2D eigenvalue weighted by atomic mass is 16.6. The number of ketones is 1. The quantitative estimate of drug-likeness (QED) is 0.211. The molecular weight excluding hydrogens is 562 g/mol. The van der Waals surface area contributed by atoms with Gasteiger partial charge in [-0.2, -0.15) is 0 Å². The van der Waals surface area contributed by atoms with Crippen LogP contribution in [0.1, 0.15) is 49.7 Å². The molecule has 1 saturated carbocycles. The number of methoxy groups -OCH3 is 2. The van der Waals surface area contributed by atoms with Crippen molar-refractivity contribution in [3.63, 3.8) is 0 Å². The van der Waals surface area contributed by atoms with Crippen LogP contribution in [0.15, 0.2) is 83.0 Å². The molecule has 0 amide bonds. The predicted molar refractivity (Wildman–Crippen MR) is 165 cm³/mol. The molecule has 0 saturated heterocycles. The van der Waals surface area contributed by atoms with E-state index in [1.54, 1.807) is 33.3 Å². The van der Waals surface area contributed by atoms with E-state index in [1.807, 2.05) is 55.5 Å². The summed E-state index contributed by atoms with van der Waals surface area (Å²) in [4.78, 5) is 32.5. The maximum absolute atomic E-state index is 14.0. The molecule has 44 heavy (non-hydrogen) atoms. The van der Waals surface area contributed by atoms with Crippen LogP contribution in [0.3, 0.4) is 0 Å². The summed E-state index contributed by atoms with van der Waals surface area (Å²) >= 11 is 0. The predicted octanol–water partition coefficient (Wildman–Crippen LogP) is 6.01. The Balaban J connectivity index is 1.47. The van der Waals surface area contributed by atoms with Crippen LogP contribution in [0.4, 0.5) is 0 Å². The van der Waals surface area contributed by atoms with Gasteiger partial charge in [0.2, 0.25) is 0 Å². The molecular formula is C35H37NO8. The van der Waals surface area contributed by atoms with E-state index >= 15 is 0 Å². The largest absolute Gasteiger partial charge is 0.504 e. The van der Waals surface area contributed by atoms with E-state index in [1.165, 1.54) is 6.07 Å². The minimum absolute atomic E-state index is 0.0214. The van der Waals surface area contributed by atoms with Crippen LogP contribution >= 0.6 is 0 Å². The number of aromatic hydroxyl groups is 1. The van der Waals surface area contributed by atoms with Crippen LogP contribution in [-0.4, -0.2) is 56.6 Å². The van der Waals surface area contributed by atoms with E-state index in [9.17, 15) is 14.7 Å². The fraction of sp³-hybridized carbons (Fsp3) is 0.343. The molecule has 3 aromatic carbocycles. The van der Waals surface area contributed by atoms with Gasteiger partial charge < -0.3 is 28.8 Å². The van der Waals surface area contributed by atoms with Crippen molar-refractivity contribution in [2.24, 2.45) is 10.9 Å². The van der Waals surface area contributed by atoms with Crippen LogP contribution in [0.2, 0.25) is 0 Å². The van der Waals surface area contributed by atoms with Crippen LogP contribution in [0.25, 0.3) is 0 Å². The van der Waals surface area contributed by atoms with Crippen LogP contribution in [0.5, 0.6) is 28.7 Å². The lowest BCUT2D eigenvalue weighted by atomic mass is 9.66. The summed E-state index contributed by atoms with van der Waals surface area (Å²) in [5, 5.41) is 10.4. The monoisotopic (exact) mass is 599 g/mol.